The van der Waals surface area contributed by atoms with Crippen LogP contribution in [-0.2, 0) is 4.79 Å². The van der Waals surface area contributed by atoms with Crippen molar-refractivity contribution in [2.45, 2.75) is 6.92 Å². The molecule has 2 nitrogen and oxygen atoms in total. The maximum Gasteiger partial charge on any atom is 0.240 e. The van der Waals surface area contributed by atoms with Crippen LogP contribution in [0.2, 0.25) is 5.02 Å². The molecule has 1 aromatic rings. The smallest absolute Gasteiger partial charge is 0.211 e. The van der Waals surface area contributed by atoms with E-state index in [1.54, 1.807) is 6.07 Å². The Labute approximate surface area is 97.3 Å². The molecule has 1 rings (SSSR count). The molecule has 0 heterocycles. The van der Waals surface area contributed by atoms with Gasteiger partial charge in [-0.15, -0.1) is 0 Å². The monoisotopic (exact) mass is 323 g/mol. The Bertz CT molecular complexity index is 400. The molecule has 0 aromatic heterocycles. The van der Waals surface area contributed by atoms with Gasteiger partial charge in [-0.05, 0) is 50.4 Å². The number of hydrogen-bond acceptors (Lipinski definition) is 2. The maximum absolute atomic E-state index is 10.1. The zero-order chi connectivity index (χ0) is 10.0. The fourth-order valence-electron chi connectivity index (χ4n) is 0.887. The molecule has 0 unspecified atom stereocenters. The van der Waals surface area contributed by atoms with Gasteiger partial charge in [-0.25, -0.2) is 4.79 Å². The molecule has 0 aliphatic heterocycles. The number of hydrogen-bond donors (Lipinski definition) is 0. The van der Waals surface area contributed by atoms with Crippen LogP contribution < -0.4 is 0 Å². The number of aryl methyl sites for hydroxylation is 1. The van der Waals surface area contributed by atoms with Gasteiger partial charge in [0.05, 0.1) is 15.2 Å². The van der Waals surface area contributed by atoms with Gasteiger partial charge in [-0.3, -0.25) is 0 Å². The van der Waals surface area contributed by atoms with Crippen molar-refractivity contribution in [3.63, 3.8) is 0 Å². The van der Waals surface area contributed by atoms with Crippen molar-refractivity contribution >= 4 is 55.2 Å². The Kier molecular flexibility index (Phi) is 3.68. The Balaban J connectivity index is 3.52. The normalized spacial score (nSPS) is 9.54. The summed E-state index contributed by atoms with van der Waals surface area (Å²) in [6.45, 7) is 1.84. The Morgan fingerprint density at radius 3 is 2.69 bits per heavy atom. The van der Waals surface area contributed by atoms with E-state index in [1.807, 2.05) is 6.92 Å². The van der Waals surface area contributed by atoms with Gasteiger partial charge in [-0.1, -0.05) is 11.6 Å². The summed E-state index contributed by atoms with van der Waals surface area (Å²) in [6, 6.07) is 1.79. The molecule has 0 spiro atoms. The fraction of sp³-hybridized carbons (Fsp3) is 0.125. The lowest BCUT2D eigenvalue weighted by atomic mass is 10.2. The highest BCUT2D eigenvalue weighted by Gasteiger charge is 2.10. The number of aliphatic imine (C=N–C) groups is 1. The zero-order valence-corrected chi connectivity index (χ0v) is 10.5. The number of carbonyl (C=O) groups excluding carboxylic acids is 1. The van der Waals surface area contributed by atoms with E-state index in [0.717, 1.165) is 10.0 Å². The average molecular weight is 325 g/mol. The fourth-order valence-corrected chi connectivity index (χ4v) is 2.45. The van der Waals surface area contributed by atoms with E-state index in [9.17, 15) is 4.79 Å². The summed E-state index contributed by atoms with van der Waals surface area (Å²) in [5, 5.41) is 0.500. The van der Waals surface area contributed by atoms with E-state index in [4.69, 9.17) is 11.6 Å². The van der Waals surface area contributed by atoms with Gasteiger partial charge in [0.2, 0.25) is 6.08 Å². The topological polar surface area (TPSA) is 29.4 Å². The molecule has 0 fully saturated rings. The highest BCUT2D eigenvalue weighted by atomic mass is 79.9. The Morgan fingerprint density at radius 1 is 1.54 bits per heavy atom. The van der Waals surface area contributed by atoms with E-state index in [0.29, 0.717) is 15.2 Å². The predicted molar refractivity (Wildman–Crippen MR) is 59.4 cm³/mol. The quantitative estimate of drug-likeness (QED) is 0.433. The van der Waals surface area contributed by atoms with Gasteiger partial charge in [0.15, 0.2) is 0 Å². The van der Waals surface area contributed by atoms with E-state index in [2.05, 4.69) is 36.9 Å². The van der Waals surface area contributed by atoms with Crippen molar-refractivity contribution in [2.24, 2.45) is 4.99 Å². The van der Waals surface area contributed by atoms with Crippen molar-refractivity contribution in [3.8, 4) is 0 Å². The highest BCUT2D eigenvalue weighted by Crippen LogP contribution is 2.39. The van der Waals surface area contributed by atoms with Crippen molar-refractivity contribution in [1.82, 2.24) is 0 Å². The molecule has 68 valence electrons. The number of isocyanates is 1. The second-order valence-corrected chi connectivity index (χ2v) is 4.38. The van der Waals surface area contributed by atoms with Crippen LogP contribution in [0.5, 0.6) is 0 Å². The molecule has 0 saturated carbocycles. The van der Waals surface area contributed by atoms with Gasteiger partial charge in [0.25, 0.3) is 0 Å². The number of rotatable bonds is 1. The highest BCUT2D eigenvalue weighted by molar-refractivity contribution is 9.11. The van der Waals surface area contributed by atoms with E-state index < -0.39 is 0 Å². The summed E-state index contributed by atoms with van der Waals surface area (Å²) in [5.74, 6) is 0. The Hall–Kier alpha value is -0.150. The lowest BCUT2D eigenvalue weighted by Gasteiger charge is -2.05. The average Bonchev–Trinajstić information content (AvgIpc) is 2.09. The summed E-state index contributed by atoms with van der Waals surface area (Å²) in [7, 11) is 0. The van der Waals surface area contributed by atoms with Crippen LogP contribution in [0.4, 0.5) is 5.69 Å². The molecule has 5 heteroatoms. The second-order valence-electron chi connectivity index (χ2n) is 2.35. The minimum absolute atomic E-state index is 0.500. The number of halogens is 3. The SMILES string of the molecule is Cc1cc(Br)c(Cl)c(Br)c1N=C=O. The van der Waals surface area contributed by atoms with Crippen LogP contribution in [0.3, 0.4) is 0 Å². The van der Waals surface area contributed by atoms with E-state index in [1.165, 1.54) is 6.08 Å². The van der Waals surface area contributed by atoms with Gasteiger partial charge in [-0.2, -0.15) is 4.99 Å². The molecule has 0 amide bonds. The molecule has 13 heavy (non-hydrogen) atoms. The maximum atomic E-state index is 10.1. The van der Waals surface area contributed by atoms with Crippen LogP contribution in [0.15, 0.2) is 20.0 Å². The van der Waals surface area contributed by atoms with E-state index >= 15 is 0 Å². The molecule has 0 N–H and O–H groups in total. The third kappa shape index (κ3) is 2.20. The van der Waals surface area contributed by atoms with Crippen molar-refractivity contribution in [1.29, 1.82) is 0 Å². The molecule has 0 saturated heterocycles. The molecule has 0 radical (unpaired) electrons. The van der Waals surface area contributed by atoms with Crippen molar-refractivity contribution in [3.05, 3.63) is 25.6 Å². The van der Waals surface area contributed by atoms with Gasteiger partial charge in [0.1, 0.15) is 0 Å². The summed E-state index contributed by atoms with van der Waals surface area (Å²) in [4.78, 5) is 13.7. The second kappa shape index (κ2) is 4.38. The third-order valence-corrected chi connectivity index (χ3v) is 3.73. The van der Waals surface area contributed by atoms with Crippen LogP contribution in [-0.4, -0.2) is 6.08 Å². The van der Waals surface area contributed by atoms with Crippen LogP contribution >= 0.6 is 43.5 Å². The first kappa shape index (κ1) is 10.9. The molecule has 0 bridgehead atoms. The third-order valence-electron chi connectivity index (χ3n) is 1.48. The number of benzene rings is 1. The first-order valence-electron chi connectivity index (χ1n) is 3.30. The summed E-state index contributed by atoms with van der Waals surface area (Å²) in [5.41, 5.74) is 1.37. The molecular weight excluding hydrogens is 321 g/mol. The van der Waals surface area contributed by atoms with Crippen LogP contribution in [0, 0.1) is 6.92 Å². The minimum atomic E-state index is 0.500. The summed E-state index contributed by atoms with van der Waals surface area (Å²) < 4.78 is 1.37. The van der Waals surface area contributed by atoms with Gasteiger partial charge >= 0.3 is 0 Å². The van der Waals surface area contributed by atoms with E-state index in [-0.39, 0.29) is 0 Å². The van der Waals surface area contributed by atoms with Crippen molar-refractivity contribution in [2.75, 3.05) is 0 Å². The van der Waals surface area contributed by atoms with Crippen molar-refractivity contribution < 1.29 is 4.79 Å². The lowest BCUT2D eigenvalue weighted by Crippen LogP contribution is -1.80. The predicted octanol–water partition coefficient (Wildman–Crippen LogP) is 4.14. The largest absolute Gasteiger partial charge is 0.240 e. The molecule has 0 atom stereocenters. The first-order chi connectivity index (χ1) is 6.07. The zero-order valence-electron chi connectivity index (χ0n) is 6.57. The van der Waals surface area contributed by atoms with Gasteiger partial charge in [0, 0.05) is 4.47 Å². The first-order valence-corrected chi connectivity index (χ1v) is 5.26. The standard InChI is InChI=1S/C8H4Br2ClNO/c1-4-2-5(9)7(11)6(10)8(4)12-3-13/h2H,1H3. The van der Waals surface area contributed by atoms with Crippen LogP contribution in [0.25, 0.3) is 0 Å². The molecule has 0 aliphatic rings. The summed E-state index contributed by atoms with van der Waals surface area (Å²) in [6.07, 6.45) is 1.48. The molecule has 0 aliphatic carbocycles. The summed E-state index contributed by atoms with van der Waals surface area (Å²) >= 11 is 12.4. The number of nitrogens with zero attached hydrogens (tertiary/aromatic N) is 1. The van der Waals surface area contributed by atoms with Gasteiger partial charge < -0.3 is 0 Å². The lowest BCUT2D eigenvalue weighted by molar-refractivity contribution is 0.565. The minimum Gasteiger partial charge on any atom is -0.211 e. The van der Waals surface area contributed by atoms with Crippen LogP contribution in [0.1, 0.15) is 5.56 Å². The Morgan fingerprint density at radius 2 is 2.15 bits per heavy atom. The molecule has 1 aromatic carbocycles. The molecular formula is C8H4Br2ClNO.